The number of hydrogen-bond acceptors (Lipinski definition) is 3. The minimum absolute atomic E-state index is 0.635. The lowest BCUT2D eigenvalue weighted by Gasteiger charge is -2.18. The lowest BCUT2D eigenvalue weighted by molar-refractivity contribution is -0.897. The molecule has 1 N–H and O–H groups in total. The third-order valence-electron chi connectivity index (χ3n) is 3.38. The van der Waals surface area contributed by atoms with Gasteiger partial charge < -0.3 is 22.1 Å². The number of nitrogens with one attached hydrogen (secondary N) is 1. The molecular formula is C11H20N4S. The first kappa shape index (κ1) is 11.8. The van der Waals surface area contributed by atoms with Crippen molar-refractivity contribution in [1.82, 2.24) is 14.8 Å². The first-order valence-corrected chi connectivity index (χ1v) is 6.60. The van der Waals surface area contributed by atoms with Crippen molar-refractivity contribution in [2.45, 2.75) is 44.3 Å². The minimum Gasteiger partial charge on any atom is -0.740 e. The molecule has 16 heavy (non-hydrogen) atoms. The highest BCUT2D eigenvalue weighted by atomic mass is 32.1. The van der Waals surface area contributed by atoms with Gasteiger partial charge >= 0.3 is 0 Å². The zero-order valence-corrected chi connectivity index (χ0v) is 10.9. The van der Waals surface area contributed by atoms with Crippen LogP contribution in [0.15, 0.2) is 5.16 Å². The van der Waals surface area contributed by atoms with Gasteiger partial charge in [-0.2, -0.15) is 5.10 Å². The van der Waals surface area contributed by atoms with Gasteiger partial charge in [-0.15, -0.1) is 5.10 Å². The Kier molecular flexibility index (Phi) is 3.76. The van der Waals surface area contributed by atoms with Crippen molar-refractivity contribution in [1.29, 1.82) is 0 Å². The fourth-order valence-electron chi connectivity index (χ4n) is 2.03. The van der Waals surface area contributed by atoms with Crippen LogP contribution in [-0.2, 0) is 19.2 Å². The molecule has 5 heteroatoms. The molecule has 1 aromatic rings. The average Bonchev–Trinajstić information content (AvgIpc) is 3.06. The van der Waals surface area contributed by atoms with Gasteiger partial charge in [-0.05, 0) is 26.7 Å². The van der Waals surface area contributed by atoms with Crippen LogP contribution < -0.4 is 4.90 Å². The summed E-state index contributed by atoms with van der Waals surface area (Å²) in [5.41, 5.74) is 0. The predicted molar refractivity (Wildman–Crippen MR) is 64.5 cm³/mol. The standard InChI is InChI=1S/C11H20N4S/c1-3-14(4-2)7-8-15-10(9-5-6-9)12-13-11(15)16/h9H,3-8H2,1-2H3,(H,13,16). The van der Waals surface area contributed by atoms with E-state index in [9.17, 15) is 0 Å². The molecule has 1 saturated carbocycles. The van der Waals surface area contributed by atoms with E-state index in [2.05, 4.69) is 28.6 Å². The van der Waals surface area contributed by atoms with Crippen LogP contribution in [0.5, 0.6) is 0 Å². The molecule has 0 amide bonds. The van der Waals surface area contributed by atoms with Crippen LogP contribution in [0, 0.1) is 0 Å². The van der Waals surface area contributed by atoms with Crippen molar-refractivity contribution in [3.05, 3.63) is 5.82 Å². The van der Waals surface area contributed by atoms with Crippen LogP contribution in [0.3, 0.4) is 0 Å². The van der Waals surface area contributed by atoms with Crippen LogP contribution in [0.1, 0.15) is 38.4 Å². The summed E-state index contributed by atoms with van der Waals surface area (Å²) in [5.74, 6) is 1.76. The topological polar surface area (TPSA) is 35.2 Å². The quantitative estimate of drug-likeness (QED) is 0.710. The second-order valence-corrected chi connectivity index (χ2v) is 4.84. The Balaban J connectivity index is 1.99. The third kappa shape index (κ3) is 2.52. The van der Waals surface area contributed by atoms with Crippen LogP contribution >= 0.6 is 0 Å². The number of likely N-dealkylation sites (N-methyl/N-ethyl adjacent to an activating group) is 1. The van der Waals surface area contributed by atoms with Crippen LogP contribution in [-0.4, -0.2) is 34.4 Å². The molecule has 0 bridgehead atoms. The van der Waals surface area contributed by atoms with Crippen molar-refractivity contribution in [3.63, 3.8) is 0 Å². The summed E-state index contributed by atoms with van der Waals surface area (Å²) in [6.07, 6.45) is 2.51. The van der Waals surface area contributed by atoms with Crippen molar-refractivity contribution >= 4 is 12.6 Å². The molecular weight excluding hydrogens is 220 g/mol. The monoisotopic (exact) mass is 240 g/mol. The average molecular weight is 240 g/mol. The molecule has 0 spiro atoms. The normalized spacial score (nSPS) is 15.9. The fourth-order valence-corrected chi connectivity index (χ4v) is 2.25. The molecule has 0 aromatic carbocycles. The van der Waals surface area contributed by atoms with E-state index in [1.807, 2.05) is 0 Å². The van der Waals surface area contributed by atoms with E-state index in [1.54, 1.807) is 4.90 Å². The minimum atomic E-state index is 0.635. The van der Waals surface area contributed by atoms with Crippen LogP contribution in [0.25, 0.3) is 0 Å². The molecule has 1 aliphatic rings. The van der Waals surface area contributed by atoms with Gasteiger partial charge in [-0.1, -0.05) is 0 Å². The summed E-state index contributed by atoms with van der Waals surface area (Å²) in [5, 5.41) is 8.89. The highest BCUT2D eigenvalue weighted by Gasteiger charge is 2.28. The Labute approximate surface area is 102 Å². The van der Waals surface area contributed by atoms with E-state index in [4.69, 9.17) is 12.6 Å². The maximum atomic E-state index is 5.22. The largest absolute Gasteiger partial charge is 0.740 e. The van der Waals surface area contributed by atoms with Gasteiger partial charge in [-0.25, -0.2) is 0 Å². The summed E-state index contributed by atoms with van der Waals surface area (Å²) < 4.78 is 2.14. The Morgan fingerprint density at radius 2 is 2.00 bits per heavy atom. The van der Waals surface area contributed by atoms with Crippen molar-refractivity contribution in [2.75, 3.05) is 19.6 Å². The fraction of sp³-hybridized carbons (Fsp3) is 0.818. The van der Waals surface area contributed by atoms with Crippen LogP contribution in [0.4, 0.5) is 0 Å². The van der Waals surface area contributed by atoms with Crippen molar-refractivity contribution in [3.8, 4) is 0 Å². The van der Waals surface area contributed by atoms with Gasteiger partial charge in [0.05, 0.1) is 26.2 Å². The SMILES string of the molecule is CC[NH+](CC)CCn1c([S-])nnc1C1CC1. The van der Waals surface area contributed by atoms with Crippen molar-refractivity contribution < 1.29 is 4.90 Å². The molecule has 0 saturated heterocycles. The molecule has 1 aromatic heterocycles. The lowest BCUT2D eigenvalue weighted by atomic mass is 10.4. The molecule has 4 nitrogen and oxygen atoms in total. The van der Waals surface area contributed by atoms with E-state index in [0.29, 0.717) is 11.1 Å². The van der Waals surface area contributed by atoms with Gasteiger partial charge in [0.2, 0.25) is 0 Å². The lowest BCUT2D eigenvalue weighted by Crippen LogP contribution is -3.11. The maximum absolute atomic E-state index is 5.22. The first-order chi connectivity index (χ1) is 7.76. The number of hydrogen-bond donors (Lipinski definition) is 1. The van der Waals surface area contributed by atoms with E-state index >= 15 is 0 Å². The van der Waals surface area contributed by atoms with Gasteiger partial charge in [-0.3, -0.25) is 0 Å². The summed E-state index contributed by atoms with van der Waals surface area (Å²) >= 11 is 5.22. The molecule has 2 rings (SSSR count). The van der Waals surface area contributed by atoms with Crippen molar-refractivity contribution in [2.24, 2.45) is 0 Å². The second-order valence-electron chi connectivity index (χ2n) is 4.47. The Bertz CT molecular complexity index is 342. The first-order valence-electron chi connectivity index (χ1n) is 6.19. The van der Waals surface area contributed by atoms with E-state index in [-0.39, 0.29) is 0 Å². The Morgan fingerprint density at radius 1 is 1.31 bits per heavy atom. The number of rotatable bonds is 6. The molecule has 0 aliphatic heterocycles. The molecule has 0 radical (unpaired) electrons. The highest BCUT2D eigenvalue weighted by Crippen LogP contribution is 2.39. The van der Waals surface area contributed by atoms with Gasteiger partial charge in [0.15, 0.2) is 0 Å². The smallest absolute Gasteiger partial charge is 0.134 e. The van der Waals surface area contributed by atoms with Gasteiger partial charge in [0.25, 0.3) is 0 Å². The van der Waals surface area contributed by atoms with Crippen LogP contribution in [0.2, 0.25) is 0 Å². The molecule has 1 heterocycles. The molecule has 0 unspecified atom stereocenters. The van der Waals surface area contributed by atoms with E-state index in [1.165, 1.54) is 25.9 Å². The molecule has 1 aliphatic carbocycles. The predicted octanol–water partition coefficient (Wildman–Crippen LogP) is -0.0140. The third-order valence-corrected chi connectivity index (χ3v) is 3.68. The summed E-state index contributed by atoms with van der Waals surface area (Å²) in [6.45, 7) is 8.88. The van der Waals surface area contributed by atoms with E-state index in [0.717, 1.165) is 18.9 Å². The number of quaternary nitrogens is 1. The van der Waals surface area contributed by atoms with E-state index < -0.39 is 0 Å². The molecule has 90 valence electrons. The Hall–Kier alpha value is -0.680. The summed E-state index contributed by atoms with van der Waals surface area (Å²) in [6, 6.07) is 0. The Morgan fingerprint density at radius 3 is 2.56 bits per heavy atom. The number of aromatic nitrogens is 3. The molecule has 1 fully saturated rings. The summed E-state index contributed by atoms with van der Waals surface area (Å²) in [4.78, 5) is 1.60. The summed E-state index contributed by atoms with van der Waals surface area (Å²) in [7, 11) is 0. The zero-order valence-electron chi connectivity index (χ0n) is 10.1. The molecule has 0 atom stereocenters. The maximum Gasteiger partial charge on any atom is 0.134 e. The highest BCUT2D eigenvalue weighted by molar-refractivity contribution is 7.58. The van der Waals surface area contributed by atoms with Gasteiger partial charge in [0.1, 0.15) is 5.82 Å². The zero-order chi connectivity index (χ0) is 11.5. The number of nitrogens with zero attached hydrogens (tertiary/aromatic N) is 3. The van der Waals surface area contributed by atoms with Gasteiger partial charge in [0, 0.05) is 11.1 Å². The second kappa shape index (κ2) is 5.10.